The summed E-state index contributed by atoms with van der Waals surface area (Å²) >= 11 is 0. The van der Waals surface area contributed by atoms with Gasteiger partial charge in [0.2, 0.25) is 0 Å². The summed E-state index contributed by atoms with van der Waals surface area (Å²) in [5, 5.41) is 0. The fraction of sp³-hybridized carbons (Fsp3) is 0.471. The largest absolute Gasteiger partial charge is 0.435 e. The Kier molecular flexibility index (Phi) is 6.16. The molecule has 2 nitrogen and oxygen atoms in total. The highest BCUT2D eigenvalue weighted by Crippen LogP contribution is 2.53. The molecule has 0 aliphatic carbocycles. The van der Waals surface area contributed by atoms with Crippen LogP contribution in [0.4, 0.5) is 30.7 Å². The van der Waals surface area contributed by atoms with Gasteiger partial charge >= 0.3 is 18.0 Å². The summed E-state index contributed by atoms with van der Waals surface area (Å²) in [6, 6.07) is 0.855. The number of benzene rings is 1. The Morgan fingerprint density at radius 2 is 1.38 bits per heavy atom. The first kappa shape index (κ1) is 22.0. The third-order valence-corrected chi connectivity index (χ3v) is 3.70. The van der Waals surface area contributed by atoms with Crippen LogP contribution >= 0.6 is 0 Å². The van der Waals surface area contributed by atoms with Crippen LogP contribution in [0.15, 0.2) is 24.4 Å². The number of aryl methyl sites for hydroxylation is 2. The number of hydrogen-bond donors (Lipinski definition) is 0. The van der Waals surface area contributed by atoms with E-state index in [1.54, 1.807) is 25.2 Å². The van der Waals surface area contributed by atoms with E-state index in [-0.39, 0.29) is 23.1 Å². The van der Waals surface area contributed by atoms with Crippen LogP contribution in [-0.4, -0.2) is 37.1 Å². The van der Waals surface area contributed by atoms with Gasteiger partial charge in [0.25, 0.3) is 0 Å². The van der Waals surface area contributed by atoms with Gasteiger partial charge < -0.3 is 4.90 Å². The van der Waals surface area contributed by atoms with Crippen molar-refractivity contribution in [1.82, 2.24) is 4.90 Å². The van der Waals surface area contributed by atoms with E-state index >= 15 is 0 Å². The molecule has 0 aliphatic rings. The lowest BCUT2D eigenvalue weighted by Crippen LogP contribution is -2.50. The summed E-state index contributed by atoms with van der Waals surface area (Å²) in [5.41, 5.74) is -7.43. The molecule has 9 heteroatoms. The van der Waals surface area contributed by atoms with E-state index in [4.69, 9.17) is 0 Å². The van der Waals surface area contributed by atoms with Crippen molar-refractivity contribution in [3.63, 3.8) is 0 Å². The predicted octanol–water partition coefficient (Wildman–Crippen LogP) is 5.24. The van der Waals surface area contributed by atoms with Crippen LogP contribution in [0.5, 0.6) is 0 Å². The zero-order chi connectivity index (χ0) is 20.5. The van der Waals surface area contributed by atoms with Gasteiger partial charge in [0.1, 0.15) is 0 Å². The summed E-state index contributed by atoms with van der Waals surface area (Å²) in [6.45, 7) is 2.35. The second kappa shape index (κ2) is 7.28. The fourth-order valence-corrected chi connectivity index (χ4v) is 2.56. The number of halogens is 7. The quantitative estimate of drug-likeness (QED) is 0.510. The second-order valence-electron chi connectivity index (χ2n) is 6.11. The number of rotatable bonds is 5. The normalized spacial score (nSPS) is 13.3. The van der Waals surface area contributed by atoms with Gasteiger partial charge in [-0.2, -0.15) is 26.3 Å². The molecular formula is C17H18F7NO. The maximum Gasteiger partial charge on any atom is 0.435 e. The van der Waals surface area contributed by atoms with Gasteiger partial charge in [-0.15, -0.1) is 0 Å². The van der Waals surface area contributed by atoms with Crippen LogP contribution in [0.2, 0.25) is 0 Å². The molecule has 0 radical (unpaired) electrons. The van der Waals surface area contributed by atoms with Gasteiger partial charge in [-0.1, -0.05) is 18.2 Å². The van der Waals surface area contributed by atoms with Crippen molar-refractivity contribution in [3.05, 3.63) is 46.7 Å². The summed E-state index contributed by atoms with van der Waals surface area (Å²) in [7, 11) is 3.42. The van der Waals surface area contributed by atoms with Crippen molar-refractivity contribution < 1.29 is 35.5 Å². The molecule has 1 aromatic rings. The Morgan fingerprint density at radius 1 is 0.962 bits per heavy atom. The minimum Gasteiger partial charge on any atom is -0.384 e. The lowest BCUT2D eigenvalue weighted by molar-refractivity contribution is -0.348. The van der Waals surface area contributed by atoms with Gasteiger partial charge in [0.15, 0.2) is 5.78 Å². The van der Waals surface area contributed by atoms with Crippen LogP contribution in [-0.2, 0) is 5.67 Å². The maximum absolute atomic E-state index is 14.2. The SMILES string of the molecule is Cc1cc(C(F)(C(F)(F)F)C(F)(F)F)cc(C)c1C(=O)C/C=C\N(C)C. The molecule has 0 saturated carbocycles. The zero-order valence-electron chi connectivity index (χ0n) is 14.5. The van der Waals surface area contributed by atoms with Crippen molar-refractivity contribution in [2.75, 3.05) is 14.1 Å². The fourth-order valence-electron chi connectivity index (χ4n) is 2.56. The van der Waals surface area contributed by atoms with Crippen molar-refractivity contribution in [1.29, 1.82) is 0 Å². The highest BCUT2D eigenvalue weighted by molar-refractivity contribution is 5.99. The molecule has 1 rings (SSSR count). The van der Waals surface area contributed by atoms with E-state index in [0.717, 1.165) is 0 Å². The van der Waals surface area contributed by atoms with Crippen LogP contribution in [0.25, 0.3) is 0 Å². The monoisotopic (exact) mass is 385 g/mol. The molecule has 1 aromatic carbocycles. The summed E-state index contributed by atoms with van der Waals surface area (Å²) in [4.78, 5) is 13.9. The number of alkyl halides is 7. The predicted molar refractivity (Wildman–Crippen MR) is 82.6 cm³/mol. The van der Waals surface area contributed by atoms with E-state index in [1.165, 1.54) is 19.9 Å². The molecule has 0 fully saturated rings. The van der Waals surface area contributed by atoms with Crippen molar-refractivity contribution in [2.45, 2.75) is 38.3 Å². The molecule has 0 aromatic heterocycles. The molecule has 0 unspecified atom stereocenters. The number of hydrogen-bond acceptors (Lipinski definition) is 2. The molecule has 0 atom stereocenters. The van der Waals surface area contributed by atoms with Gasteiger partial charge in [-0.3, -0.25) is 4.79 Å². The summed E-state index contributed by atoms with van der Waals surface area (Å²) in [5.74, 6) is -0.492. The molecule has 146 valence electrons. The molecule has 0 spiro atoms. The number of carbonyl (C=O) groups excluding carboxylic acids is 1. The minimum absolute atomic E-state index is 0.0242. The molecule has 0 bridgehead atoms. The average Bonchev–Trinajstić information content (AvgIpc) is 2.42. The zero-order valence-corrected chi connectivity index (χ0v) is 14.5. The molecule has 0 aliphatic heterocycles. The average molecular weight is 385 g/mol. The Balaban J connectivity index is 3.42. The van der Waals surface area contributed by atoms with Crippen molar-refractivity contribution in [3.8, 4) is 0 Å². The molecule has 0 heterocycles. The van der Waals surface area contributed by atoms with Crippen LogP contribution < -0.4 is 0 Å². The third-order valence-electron chi connectivity index (χ3n) is 3.70. The highest BCUT2D eigenvalue weighted by atomic mass is 19.4. The second-order valence-corrected chi connectivity index (χ2v) is 6.11. The van der Waals surface area contributed by atoms with E-state index in [1.807, 2.05) is 0 Å². The van der Waals surface area contributed by atoms with Gasteiger partial charge in [0.05, 0.1) is 0 Å². The Bertz CT molecular complexity index is 665. The molecular weight excluding hydrogens is 367 g/mol. The minimum atomic E-state index is -6.19. The van der Waals surface area contributed by atoms with Crippen LogP contribution in [0.1, 0.15) is 33.5 Å². The third kappa shape index (κ3) is 4.19. The standard InChI is InChI=1S/C17H18F7NO/c1-10-8-12(15(18,16(19,20)21)17(22,23)24)9-11(2)14(10)13(26)6-5-7-25(3)4/h5,7-9H,6H2,1-4H3/b7-5-. The number of allylic oxidation sites excluding steroid dienone is 1. The molecule has 26 heavy (non-hydrogen) atoms. The molecule has 0 N–H and O–H groups in total. The number of Topliss-reactive ketones (excluding diaryl/α,β-unsaturated/α-hetero) is 1. The number of ketones is 1. The number of carbonyl (C=O) groups is 1. The lowest BCUT2D eigenvalue weighted by atomic mass is 9.87. The van der Waals surface area contributed by atoms with E-state index in [0.29, 0.717) is 12.1 Å². The van der Waals surface area contributed by atoms with Crippen LogP contribution in [0.3, 0.4) is 0 Å². The molecule has 0 saturated heterocycles. The number of nitrogens with zero attached hydrogens (tertiary/aromatic N) is 1. The van der Waals surface area contributed by atoms with Crippen LogP contribution in [0, 0.1) is 13.8 Å². The smallest absolute Gasteiger partial charge is 0.384 e. The Hall–Kier alpha value is -2.06. The molecule has 0 amide bonds. The topological polar surface area (TPSA) is 20.3 Å². The first-order valence-corrected chi connectivity index (χ1v) is 7.43. The highest BCUT2D eigenvalue weighted by Gasteiger charge is 2.73. The maximum atomic E-state index is 14.2. The van der Waals surface area contributed by atoms with Gasteiger partial charge in [-0.25, -0.2) is 4.39 Å². The Labute approximate surface area is 146 Å². The Morgan fingerprint density at radius 3 is 1.73 bits per heavy atom. The van der Waals surface area contributed by atoms with Gasteiger partial charge in [0, 0.05) is 31.6 Å². The summed E-state index contributed by atoms with van der Waals surface area (Å²) < 4.78 is 91.4. The summed E-state index contributed by atoms with van der Waals surface area (Å²) in [6.07, 6.45) is -9.40. The van der Waals surface area contributed by atoms with Gasteiger partial charge in [-0.05, 0) is 31.2 Å². The van der Waals surface area contributed by atoms with E-state index in [2.05, 4.69) is 0 Å². The van der Waals surface area contributed by atoms with E-state index in [9.17, 15) is 35.5 Å². The van der Waals surface area contributed by atoms with Crippen molar-refractivity contribution >= 4 is 5.78 Å². The van der Waals surface area contributed by atoms with Crippen molar-refractivity contribution in [2.24, 2.45) is 0 Å². The van der Waals surface area contributed by atoms with E-state index < -0.39 is 29.4 Å². The first-order chi connectivity index (χ1) is 11.6. The lowest BCUT2D eigenvalue weighted by Gasteiger charge is -2.31. The first-order valence-electron chi connectivity index (χ1n) is 7.43.